The zero-order valence-electron chi connectivity index (χ0n) is 15.4. The summed E-state index contributed by atoms with van der Waals surface area (Å²) in [7, 11) is 0. The van der Waals surface area contributed by atoms with Gasteiger partial charge in [0.15, 0.2) is 5.82 Å². The van der Waals surface area contributed by atoms with Gasteiger partial charge in [0, 0.05) is 16.6 Å². The van der Waals surface area contributed by atoms with Crippen molar-refractivity contribution in [1.82, 2.24) is 9.97 Å². The number of hydrogen-bond donors (Lipinski definition) is 1. The van der Waals surface area contributed by atoms with E-state index < -0.39 is 0 Å². The normalized spacial score (nSPS) is 10.6. The van der Waals surface area contributed by atoms with Gasteiger partial charge in [-0.3, -0.25) is 0 Å². The van der Waals surface area contributed by atoms with Gasteiger partial charge < -0.3 is 10.1 Å². The van der Waals surface area contributed by atoms with Crippen LogP contribution in [0.15, 0.2) is 78.9 Å². The number of rotatable bonds is 5. The van der Waals surface area contributed by atoms with Crippen LogP contribution in [0.2, 0.25) is 0 Å². The molecule has 0 aliphatic carbocycles. The molecule has 0 radical (unpaired) electrons. The molecule has 1 N–H and O–H groups in total. The number of carbonyl (C=O) groups is 1. The summed E-state index contributed by atoms with van der Waals surface area (Å²) in [6.45, 7) is 2.15. The monoisotopic (exact) mass is 369 g/mol. The van der Waals surface area contributed by atoms with E-state index in [1.807, 2.05) is 66.7 Å². The molecule has 4 aromatic rings. The van der Waals surface area contributed by atoms with E-state index in [4.69, 9.17) is 14.7 Å². The van der Waals surface area contributed by atoms with Crippen molar-refractivity contribution in [2.75, 3.05) is 11.9 Å². The molecular weight excluding hydrogens is 350 g/mol. The largest absolute Gasteiger partial charge is 0.462 e. The second-order valence-corrected chi connectivity index (χ2v) is 6.20. The fraction of sp³-hybridized carbons (Fsp3) is 0.0870. The van der Waals surface area contributed by atoms with Crippen LogP contribution in [0, 0.1) is 0 Å². The maximum Gasteiger partial charge on any atom is 0.338 e. The number of ether oxygens (including phenoxy) is 1. The van der Waals surface area contributed by atoms with Crippen LogP contribution in [0.3, 0.4) is 0 Å². The molecule has 0 aliphatic rings. The Labute approximate surface area is 163 Å². The average molecular weight is 369 g/mol. The van der Waals surface area contributed by atoms with Crippen LogP contribution in [0.4, 0.5) is 11.5 Å². The van der Waals surface area contributed by atoms with Crippen LogP contribution in [-0.4, -0.2) is 22.5 Å². The topological polar surface area (TPSA) is 64.1 Å². The number of para-hydroxylation sites is 1. The van der Waals surface area contributed by atoms with E-state index >= 15 is 0 Å². The molecule has 0 amide bonds. The Hall–Kier alpha value is -3.73. The second kappa shape index (κ2) is 7.88. The maximum absolute atomic E-state index is 11.8. The third kappa shape index (κ3) is 3.69. The van der Waals surface area contributed by atoms with Gasteiger partial charge in [-0.1, -0.05) is 42.5 Å². The van der Waals surface area contributed by atoms with Crippen LogP contribution in [0.1, 0.15) is 17.3 Å². The van der Waals surface area contributed by atoms with Crippen LogP contribution < -0.4 is 5.32 Å². The zero-order valence-corrected chi connectivity index (χ0v) is 15.4. The molecule has 0 saturated heterocycles. The number of fused-ring (bicyclic) bond motifs is 1. The average Bonchev–Trinajstić information content (AvgIpc) is 2.75. The molecule has 28 heavy (non-hydrogen) atoms. The van der Waals surface area contributed by atoms with E-state index in [9.17, 15) is 4.79 Å². The van der Waals surface area contributed by atoms with Gasteiger partial charge in [-0.15, -0.1) is 0 Å². The van der Waals surface area contributed by atoms with Crippen LogP contribution in [0.25, 0.3) is 22.3 Å². The lowest BCUT2D eigenvalue weighted by molar-refractivity contribution is 0.0526. The minimum Gasteiger partial charge on any atom is -0.462 e. The Morgan fingerprint density at radius 3 is 2.36 bits per heavy atom. The summed E-state index contributed by atoms with van der Waals surface area (Å²) in [6.07, 6.45) is 0. The number of nitrogens with zero attached hydrogens (tertiary/aromatic N) is 2. The predicted octanol–water partition coefficient (Wildman–Crippen LogP) is 5.22. The number of benzene rings is 3. The number of carbonyl (C=O) groups excluding carboxylic acids is 1. The molecular formula is C23H19N3O2. The predicted molar refractivity (Wildman–Crippen MR) is 111 cm³/mol. The molecule has 0 saturated carbocycles. The molecule has 138 valence electrons. The van der Waals surface area contributed by atoms with Crippen molar-refractivity contribution in [3.8, 4) is 11.4 Å². The summed E-state index contributed by atoms with van der Waals surface area (Å²) in [5.41, 5.74) is 3.16. The fourth-order valence-corrected chi connectivity index (χ4v) is 2.93. The maximum atomic E-state index is 11.8. The molecule has 0 bridgehead atoms. The number of esters is 1. The summed E-state index contributed by atoms with van der Waals surface area (Å²) in [5, 5.41) is 4.28. The Morgan fingerprint density at radius 1 is 0.893 bits per heavy atom. The van der Waals surface area contributed by atoms with Crippen molar-refractivity contribution in [3.63, 3.8) is 0 Å². The Balaban J connectivity index is 1.71. The molecule has 1 heterocycles. The molecule has 0 spiro atoms. The minimum absolute atomic E-state index is 0.326. The zero-order chi connectivity index (χ0) is 19.3. The van der Waals surface area contributed by atoms with Crippen LogP contribution >= 0.6 is 0 Å². The standard InChI is InChI=1S/C23H19N3O2/c1-2-28-23(27)17-12-14-18(15-13-17)24-22-19-10-6-7-11-20(19)25-21(26-22)16-8-4-3-5-9-16/h3-15H,2H2,1H3,(H,24,25,26). The smallest absolute Gasteiger partial charge is 0.338 e. The third-order valence-electron chi connectivity index (χ3n) is 4.29. The summed E-state index contributed by atoms with van der Waals surface area (Å²) in [5.74, 6) is 1.05. The number of hydrogen-bond acceptors (Lipinski definition) is 5. The number of aromatic nitrogens is 2. The first kappa shape index (κ1) is 17.7. The lowest BCUT2D eigenvalue weighted by Crippen LogP contribution is -2.04. The fourth-order valence-electron chi connectivity index (χ4n) is 2.93. The Morgan fingerprint density at radius 2 is 1.61 bits per heavy atom. The first-order chi connectivity index (χ1) is 13.7. The van der Waals surface area contributed by atoms with Gasteiger partial charge in [0.05, 0.1) is 17.7 Å². The van der Waals surface area contributed by atoms with Crippen molar-refractivity contribution < 1.29 is 9.53 Å². The molecule has 1 aromatic heterocycles. The highest BCUT2D eigenvalue weighted by Crippen LogP contribution is 2.27. The van der Waals surface area contributed by atoms with Gasteiger partial charge in [-0.2, -0.15) is 0 Å². The van der Waals surface area contributed by atoms with Gasteiger partial charge in [0.25, 0.3) is 0 Å². The molecule has 0 aliphatic heterocycles. The first-order valence-corrected chi connectivity index (χ1v) is 9.11. The van der Waals surface area contributed by atoms with Gasteiger partial charge in [-0.05, 0) is 43.3 Å². The second-order valence-electron chi connectivity index (χ2n) is 6.20. The van der Waals surface area contributed by atoms with Crippen molar-refractivity contribution >= 4 is 28.4 Å². The van der Waals surface area contributed by atoms with Crippen molar-refractivity contribution in [3.05, 3.63) is 84.4 Å². The summed E-state index contributed by atoms with van der Waals surface area (Å²) in [4.78, 5) is 21.3. The van der Waals surface area contributed by atoms with Crippen LogP contribution in [-0.2, 0) is 4.74 Å². The number of nitrogens with one attached hydrogen (secondary N) is 1. The minimum atomic E-state index is -0.326. The lowest BCUT2D eigenvalue weighted by atomic mass is 10.1. The number of anilines is 2. The lowest BCUT2D eigenvalue weighted by Gasteiger charge is -2.11. The van der Waals surface area contributed by atoms with Gasteiger partial charge in [-0.25, -0.2) is 14.8 Å². The van der Waals surface area contributed by atoms with Crippen LogP contribution in [0.5, 0.6) is 0 Å². The quantitative estimate of drug-likeness (QED) is 0.489. The summed E-state index contributed by atoms with van der Waals surface area (Å²) in [6, 6.07) is 24.9. The van der Waals surface area contributed by atoms with E-state index in [1.54, 1.807) is 19.1 Å². The third-order valence-corrected chi connectivity index (χ3v) is 4.29. The van der Waals surface area contributed by atoms with E-state index in [-0.39, 0.29) is 5.97 Å². The highest BCUT2D eigenvalue weighted by Gasteiger charge is 2.10. The van der Waals surface area contributed by atoms with Crippen molar-refractivity contribution in [1.29, 1.82) is 0 Å². The molecule has 0 unspecified atom stereocenters. The molecule has 0 atom stereocenters. The highest BCUT2D eigenvalue weighted by atomic mass is 16.5. The van der Waals surface area contributed by atoms with Crippen molar-refractivity contribution in [2.24, 2.45) is 0 Å². The van der Waals surface area contributed by atoms with Gasteiger partial charge in [0.2, 0.25) is 0 Å². The van der Waals surface area contributed by atoms with E-state index in [0.717, 1.165) is 22.2 Å². The molecule has 5 heteroatoms. The highest BCUT2D eigenvalue weighted by molar-refractivity contribution is 5.93. The Bertz CT molecular complexity index is 1110. The van der Waals surface area contributed by atoms with E-state index in [1.165, 1.54) is 0 Å². The molecule has 4 rings (SSSR count). The summed E-state index contributed by atoms with van der Waals surface area (Å²) >= 11 is 0. The first-order valence-electron chi connectivity index (χ1n) is 9.11. The van der Waals surface area contributed by atoms with E-state index in [0.29, 0.717) is 23.8 Å². The summed E-state index contributed by atoms with van der Waals surface area (Å²) < 4.78 is 5.03. The molecule has 5 nitrogen and oxygen atoms in total. The van der Waals surface area contributed by atoms with E-state index in [2.05, 4.69) is 5.32 Å². The SMILES string of the molecule is CCOC(=O)c1ccc(Nc2nc(-c3ccccc3)nc3ccccc23)cc1. The Kier molecular flexibility index (Phi) is 4.97. The van der Waals surface area contributed by atoms with Gasteiger partial charge >= 0.3 is 5.97 Å². The van der Waals surface area contributed by atoms with Crippen molar-refractivity contribution in [2.45, 2.75) is 6.92 Å². The molecule has 0 fully saturated rings. The van der Waals surface area contributed by atoms with Gasteiger partial charge in [0.1, 0.15) is 5.82 Å². The molecule has 3 aromatic carbocycles.